The van der Waals surface area contributed by atoms with Crippen LogP contribution in [0.4, 0.5) is 0 Å². The third-order valence-corrected chi connectivity index (χ3v) is 1.25. The molecule has 15 heavy (non-hydrogen) atoms. The van der Waals surface area contributed by atoms with Gasteiger partial charge in [-0.1, -0.05) is 13.3 Å². The second-order valence-electron chi connectivity index (χ2n) is 2.82. The molecule has 0 aromatic heterocycles. The Hall–Kier alpha value is -0.650. The molecule has 0 fully saturated rings. The predicted octanol–water partition coefficient (Wildman–Crippen LogP) is 0.903. The van der Waals surface area contributed by atoms with Gasteiger partial charge in [0.25, 0.3) is 5.97 Å². The first kappa shape index (κ1) is 16.8. The zero-order chi connectivity index (χ0) is 11.9. The molecule has 0 bridgehead atoms. The quantitative estimate of drug-likeness (QED) is 0.597. The molecule has 92 valence electrons. The van der Waals surface area contributed by atoms with E-state index in [1.807, 2.05) is 0 Å². The molecule has 5 nitrogen and oxygen atoms in total. The molecule has 0 aliphatic heterocycles. The Morgan fingerprint density at radius 3 is 2.00 bits per heavy atom. The standard InChI is InChI=1S/C8H18O3.C2H4O2/c1-2-3-5-10-7-8-11-6-4-9;1-2(3)4/h9H,2-8H2,1H3;1H3,(H,3,4). The molecule has 0 aliphatic carbocycles. The Morgan fingerprint density at radius 2 is 1.60 bits per heavy atom. The largest absolute Gasteiger partial charge is 0.481 e. The van der Waals surface area contributed by atoms with Crippen molar-refractivity contribution in [2.24, 2.45) is 0 Å². The van der Waals surface area contributed by atoms with Crippen LogP contribution in [0.5, 0.6) is 0 Å². The van der Waals surface area contributed by atoms with Gasteiger partial charge in [0.1, 0.15) is 0 Å². The lowest BCUT2D eigenvalue weighted by atomic mass is 10.4. The minimum atomic E-state index is -0.833. The molecule has 0 unspecified atom stereocenters. The van der Waals surface area contributed by atoms with E-state index in [0.29, 0.717) is 19.8 Å². The molecule has 0 aromatic rings. The van der Waals surface area contributed by atoms with E-state index in [1.54, 1.807) is 0 Å². The summed E-state index contributed by atoms with van der Waals surface area (Å²) in [5.41, 5.74) is 0. The number of aliphatic hydroxyl groups is 1. The molecule has 5 heteroatoms. The van der Waals surface area contributed by atoms with Gasteiger partial charge in [-0.2, -0.15) is 0 Å². The smallest absolute Gasteiger partial charge is 0.300 e. The van der Waals surface area contributed by atoms with Crippen LogP contribution >= 0.6 is 0 Å². The number of hydrogen-bond acceptors (Lipinski definition) is 4. The van der Waals surface area contributed by atoms with Crippen LogP contribution in [0, 0.1) is 0 Å². The van der Waals surface area contributed by atoms with Crippen molar-refractivity contribution in [1.82, 2.24) is 0 Å². The fourth-order valence-corrected chi connectivity index (χ4v) is 0.633. The third kappa shape index (κ3) is 31.8. The fraction of sp³-hybridized carbons (Fsp3) is 0.900. The Bertz CT molecular complexity index is 115. The molecular formula is C10H22O5. The number of aliphatic hydroxyl groups excluding tert-OH is 1. The molecule has 2 N–H and O–H groups in total. The van der Waals surface area contributed by atoms with Crippen molar-refractivity contribution in [1.29, 1.82) is 0 Å². The van der Waals surface area contributed by atoms with E-state index < -0.39 is 5.97 Å². The molecule has 0 radical (unpaired) electrons. The molecule has 0 amide bonds. The Morgan fingerprint density at radius 1 is 1.13 bits per heavy atom. The van der Waals surface area contributed by atoms with Gasteiger partial charge in [0.2, 0.25) is 0 Å². The lowest BCUT2D eigenvalue weighted by Crippen LogP contribution is -2.07. The van der Waals surface area contributed by atoms with E-state index in [1.165, 1.54) is 0 Å². The molecule has 0 spiro atoms. The summed E-state index contributed by atoms with van der Waals surface area (Å²) in [6.07, 6.45) is 2.28. The number of ether oxygens (including phenoxy) is 2. The topological polar surface area (TPSA) is 76.0 Å². The average molecular weight is 222 g/mol. The van der Waals surface area contributed by atoms with Crippen LogP contribution < -0.4 is 0 Å². The lowest BCUT2D eigenvalue weighted by Gasteiger charge is -2.02. The van der Waals surface area contributed by atoms with Gasteiger partial charge in [-0.25, -0.2) is 0 Å². The Kier molecular flexibility index (Phi) is 17.7. The van der Waals surface area contributed by atoms with Crippen LogP contribution in [-0.2, 0) is 14.3 Å². The second-order valence-corrected chi connectivity index (χ2v) is 2.82. The summed E-state index contributed by atoms with van der Waals surface area (Å²) >= 11 is 0. The van der Waals surface area contributed by atoms with E-state index in [9.17, 15) is 0 Å². The van der Waals surface area contributed by atoms with Crippen molar-refractivity contribution >= 4 is 5.97 Å². The monoisotopic (exact) mass is 222 g/mol. The first-order valence-electron chi connectivity index (χ1n) is 5.11. The predicted molar refractivity (Wildman–Crippen MR) is 56.9 cm³/mol. The van der Waals surface area contributed by atoms with Crippen molar-refractivity contribution in [3.8, 4) is 0 Å². The summed E-state index contributed by atoms with van der Waals surface area (Å²) in [6, 6.07) is 0. The van der Waals surface area contributed by atoms with Gasteiger partial charge < -0.3 is 19.7 Å². The maximum atomic E-state index is 9.00. The number of carbonyl (C=O) groups is 1. The highest BCUT2D eigenvalue weighted by molar-refractivity contribution is 5.62. The van der Waals surface area contributed by atoms with Crippen molar-refractivity contribution in [2.75, 3.05) is 33.0 Å². The SMILES string of the molecule is CC(=O)O.CCCCOCCOCCO. The summed E-state index contributed by atoms with van der Waals surface area (Å²) in [6.45, 7) is 5.76. The summed E-state index contributed by atoms with van der Waals surface area (Å²) in [5.74, 6) is -0.833. The molecule has 0 atom stereocenters. The van der Waals surface area contributed by atoms with Gasteiger partial charge in [-0.05, 0) is 6.42 Å². The molecule has 0 saturated carbocycles. The van der Waals surface area contributed by atoms with E-state index in [2.05, 4.69) is 6.92 Å². The number of aliphatic carboxylic acids is 1. The highest BCUT2D eigenvalue weighted by Gasteiger charge is 1.87. The van der Waals surface area contributed by atoms with Crippen LogP contribution in [0.1, 0.15) is 26.7 Å². The van der Waals surface area contributed by atoms with Crippen molar-refractivity contribution in [3.05, 3.63) is 0 Å². The first-order valence-corrected chi connectivity index (χ1v) is 5.11. The Balaban J connectivity index is 0. The molecule has 0 aliphatic rings. The minimum absolute atomic E-state index is 0.0922. The highest BCUT2D eigenvalue weighted by Crippen LogP contribution is 1.87. The van der Waals surface area contributed by atoms with Gasteiger partial charge >= 0.3 is 0 Å². The second kappa shape index (κ2) is 15.8. The normalized spacial score (nSPS) is 9.27. The first-order chi connectivity index (χ1) is 7.15. The van der Waals surface area contributed by atoms with Gasteiger partial charge in [-0.3, -0.25) is 4.79 Å². The van der Waals surface area contributed by atoms with Gasteiger partial charge in [0.15, 0.2) is 0 Å². The van der Waals surface area contributed by atoms with Crippen LogP contribution in [0.15, 0.2) is 0 Å². The number of rotatable bonds is 8. The summed E-state index contributed by atoms with van der Waals surface area (Å²) in [4.78, 5) is 9.00. The van der Waals surface area contributed by atoms with Crippen molar-refractivity contribution < 1.29 is 24.5 Å². The average Bonchev–Trinajstić information content (AvgIpc) is 2.16. The van der Waals surface area contributed by atoms with Crippen LogP contribution in [0.25, 0.3) is 0 Å². The molecule has 0 heterocycles. The number of carboxylic acid groups (broad SMARTS) is 1. The van der Waals surface area contributed by atoms with Gasteiger partial charge in [-0.15, -0.1) is 0 Å². The molecular weight excluding hydrogens is 200 g/mol. The molecule has 0 rings (SSSR count). The fourth-order valence-electron chi connectivity index (χ4n) is 0.633. The zero-order valence-corrected chi connectivity index (χ0v) is 9.57. The highest BCUT2D eigenvalue weighted by atomic mass is 16.5. The molecule has 0 saturated heterocycles. The lowest BCUT2D eigenvalue weighted by molar-refractivity contribution is -0.134. The van der Waals surface area contributed by atoms with Crippen LogP contribution in [0.3, 0.4) is 0 Å². The van der Waals surface area contributed by atoms with Crippen LogP contribution in [0.2, 0.25) is 0 Å². The number of hydrogen-bond donors (Lipinski definition) is 2. The van der Waals surface area contributed by atoms with Crippen molar-refractivity contribution in [3.63, 3.8) is 0 Å². The van der Waals surface area contributed by atoms with Gasteiger partial charge in [0, 0.05) is 13.5 Å². The Labute approximate surface area is 91.0 Å². The third-order valence-electron chi connectivity index (χ3n) is 1.25. The zero-order valence-electron chi connectivity index (χ0n) is 9.57. The maximum absolute atomic E-state index is 9.00. The minimum Gasteiger partial charge on any atom is -0.481 e. The summed E-state index contributed by atoms with van der Waals surface area (Å²) < 4.78 is 10.2. The number of unbranched alkanes of at least 4 members (excludes halogenated alkanes) is 1. The van der Waals surface area contributed by atoms with Crippen LogP contribution in [-0.4, -0.2) is 49.2 Å². The van der Waals surface area contributed by atoms with E-state index in [-0.39, 0.29) is 6.61 Å². The van der Waals surface area contributed by atoms with E-state index in [0.717, 1.165) is 26.4 Å². The van der Waals surface area contributed by atoms with E-state index >= 15 is 0 Å². The maximum Gasteiger partial charge on any atom is 0.300 e. The number of carboxylic acids is 1. The van der Waals surface area contributed by atoms with Gasteiger partial charge in [0.05, 0.1) is 26.4 Å². The van der Waals surface area contributed by atoms with E-state index in [4.69, 9.17) is 24.5 Å². The van der Waals surface area contributed by atoms with Crippen molar-refractivity contribution in [2.45, 2.75) is 26.7 Å². The molecule has 0 aromatic carbocycles. The summed E-state index contributed by atoms with van der Waals surface area (Å²) in [5, 5.41) is 15.8. The summed E-state index contributed by atoms with van der Waals surface area (Å²) in [7, 11) is 0.